The standard InChI is InChI=1S/C20H25FN2O5/c1-13(28-23-17(24)9-10-18(23)25)11-15(22-19(26)27-20(2,3)4)12-14-7-5-6-8-16(14)21/h5-8,15H,1,9-12H2,2-4H3,(H,22,26)/t15-/m0/s1. The molecule has 1 atom stereocenters. The number of rotatable bonds is 7. The van der Waals surface area contributed by atoms with Gasteiger partial charge in [-0.2, -0.15) is 0 Å². The highest BCUT2D eigenvalue weighted by Crippen LogP contribution is 2.19. The zero-order valence-corrected chi connectivity index (χ0v) is 16.3. The molecule has 0 bridgehead atoms. The van der Waals surface area contributed by atoms with Crippen LogP contribution < -0.4 is 5.32 Å². The topological polar surface area (TPSA) is 84.9 Å². The molecule has 8 heteroatoms. The van der Waals surface area contributed by atoms with Gasteiger partial charge in [-0.25, -0.2) is 9.18 Å². The summed E-state index contributed by atoms with van der Waals surface area (Å²) in [6, 6.07) is 5.58. The van der Waals surface area contributed by atoms with Crippen LogP contribution in [-0.4, -0.2) is 34.6 Å². The summed E-state index contributed by atoms with van der Waals surface area (Å²) in [7, 11) is 0. The largest absolute Gasteiger partial charge is 0.444 e. The Morgan fingerprint density at radius 1 is 1.25 bits per heavy atom. The lowest BCUT2D eigenvalue weighted by Gasteiger charge is -2.25. The van der Waals surface area contributed by atoms with E-state index in [0.717, 1.165) is 0 Å². The summed E-state index contributed by atoms with van der Waals surface area (Å²) in [6.45, 7) is 8.90. The number of nitrogens with one attached hydrogen (secondary N) is 1. The lowest BCUT2D eigenvalue weighted by atomic mass is 10.0. The van der Waals surface area contributed by atoms with Crippen LogP contribution in [0, 0.1) is 5.82 Å². The van der Waals surface area contributed by atoms with Crippen molar-refractivity contribution < 1.29 is 28.3 Å². The van der Waals surface area contributed by atoms with Crippen LogP contribution >= 0.6 is 0 Å². The molecule has 7 nitrogen and oxygen atoms in total. The normalized spacial score (nSPS) is 15.4. The summed E-state index contributed by atoms with van der Waals surface area (Å²) in [6.07, 6.45) is -0.294. The van der Waals surface area contributed by atoms with Crippen LogP contribution in [-0.2, 0) is 25.6 Å². The number of alkyl carbamates (subject to hydrolysis) is 1. The molecule has 28 heavy (non-hydrogen) atoms. The van der Waals surface area contributed by atoms with Gasteiger partial charge in [-0.3, -0.25) is 9.59 Å². The first-order valence-electron chi connectivity index (χ1n) is 8.99. The predicted octanol–water partition coefficient (Wildman–Crippen LogP) is 3.25. The zero-order valence-electron chi connectivity index (χ0n) is 16.3. The molecule has 2 rings (SSSR count). The maximum absolute atomic E-state index is 14.0. The molecule has 1 aliphatic rings. The number of benzene rings is 1. The first-order valence-corrected chi connectivity index (χ1v) is 8.99. The summed E-state index contributed by atoms with van der Waals surface area (Å²) >= 11 is 0. The van der Waals surface area contributed by atoms with E-state index in [1.165, 1.54) is 6.07 Å². The monoisotopic (exact) mass is 392 g/mol. The van der Waals surface area contributed by atoms with Crippen molar-refractivity contribution in [2.75, 3.05) is 0 Å². The summed E-state index contributed by atoms with van der Waals surface area (Å²) < 4.78 is 19.3. The van der Waals surface area contributed by atoms with Crippen LogP contribution in [0.5, 0.6) is 0 Å². The molecule has 3 amide bonds. The van der Waals surface area contributed by atoms with E-state index in [1.807, 2.05) is 0 Å². The van der Waals surface area contributed by atoms with E-state index >= 15 is 0 Å². The molecule has 1 aromatic rings. The number of hydrogen-bond acceptors (Lipinski definition) is 5. The smallest absolute Gasteiger partial charge is 0.407 e. The lowest BCUT2D eigenvalue weighted by Crippen LogP contribution is -2.41. The number of hydroxylamine groups is 2. The van der Waals surface area contributed by atoms with Crippen molar-refractivity contribution in [2.45, 2.75) is 58.1 Å². The fourth-order valence-electron chi connectivity index (χ4n) is 2.68. The number of nitrogens with zero attached hydrogens (tertiary/aromatic N) is 1. The number of halogens is 1. The average Bonchev–Trinajstić information content (AvgIpc) is 2.87. The third kappa shape index (κ3) is 6.37. The molecular formula is C20H25FN2O5. The molecule has 1 fully saturated rings. The van der Waals surface area contributed by atoms with Crippen molar-refractivity contribution in [1.29, 1.82) is 0 Å². The zero-order chi connectivity index (χ0) is 20.9. The van der Waals surface area contributed by atoms with Crippen molar-refractivity contribution in [3.63, 3.8) is 0 Å². The number of hydrogen-bond donors (Lipinski definition) is 1. The van der Waals surface area contributed by atoms with Crippen molar-refractivity contribution in [3.8, 4) is 0 Å². The van der Waals surface area contributed by atoms with Gasteiger partial charge in [-0.15, -0.1) is 5.06 Å². The first-order chi connectivity index (χ1) is 13.0. The Morgan fingerprint density at radius 3 is 2.43 bits per heavy atom. The summed E-state index contributed by atoms with van der Waals surface area (Å²) in [5, 5.41) is 3.35. The minimum absolute atomic E-state index is 0.0602. The fourth-order valence-corrected chi connectivity index (χ4v) is 2.68. The number of carbonyl (C=O) groups is 3. The molecule has 0 radical (unpaired) electrons. The summed E-state index contributed by atoms with van der Waals surface area (Å²) in [4.78, 5) is 40.8. The minimum atomic E-state index is -0.700. The molecule has 1 heterocycles. The molecule has 0 spiro atoms. The second-order valence-electron chi connectivity index (χ2n) is 7.55. The Balaban J connectivity index is 2.07. The van der Waals surface area contributed by atoms with Crippen molar-refractivity contribution >= 4 is 17.9 Å². The number of ether oxygens (including phenoxy) is 1. The Labute approximate surface area is 163 Å². The van der Waals surface area contributed by atoms with Crippen molar-refractivity contribution in [1.82, 2.24) is 10.4 Å². The fraction of sp³-hybridized carbons (Fsp3) is 0.450. The van der Waals surface area contributed by atoms with Crippen LogP contribution in [0.1, 0.15) is 45.6 Å². The molecule has 1 aliphatic heterocycles. The molecule has 0 saturated carbocycles. The average molecular weight is 392 g/mol. The van der Waals surface area contributed by atoms with Gasteiger partial charge >= 0.3 is 6.09 Å². The van der Waals surface area contributed by atoms with E-state index in [0.29, 0.717) is 10.6 Å². The second-order valence-corrected chi connectivity index (χ2v) is 7.55. The summed E-state index contributed by atoms with van der Waals surface area (Å²) in [5.41, 5.74) is -0.307. The van der Waals surface area contributed by atoms with E-state index in [2.05, 4.69) is 11.9 Å². The van der Waals surface area contributed by atoms with E-state index < -0.39 is 35.4 Å². The van der Waals surface area contributed by atoms with Crippen LogP contribution in [0.4, 0.5) is 9.18 Å². The van der Waals surface area contributed by atoms with Gasteiger partial charge in [0.1, 0.15) is 17.2 Å². The van der Waals surface area contributed by atoms with Gasteiger partial charge in [-0.1, -0.05) is 24.8 Å². The van der Waals surface area contributed by atoms with E-state index in [1.54, 1.807) is 39.0 Å². The number of amides is 3. The van der Waals surface area contributed by atoms with Gasteiger partial charge < -0.3 is 14.9 Å². The van der Waals surface area contributed by atoms with Gasteiger partial charge in [0.2, 0.25) is 0 Å². The molecule has 1 aromatic carbocycles. The van der Waals surface area contributed by atoms with Gasteiger partial charge in [0.25, 0.3) is 11.8 Å². The molecular weight excluding hydrogens is 367 g/mol. The number of carbonyl (C=O) groups excluding carboxylic acids is 3. The molecule has 1 N–H and O–H groups in total. The van der Waals surface area contributed by atoms with E-state index in [4.69, 9.17) is 9.57 Å². The van der Waals surface area contributed by atoms with E-state index in [-0.39, 0.29) is 31.4 Å². The first kappa shape index (κ1) is 21.4. The molecule has 0 aliphatic carbocycles. The maximum atomic E-state index is 14.0. The summed E-state index contributed by atoms with van der Waals surface area (Å²) in [5.74, 6) is -1.20. The predicted molar refractivity (Wildman–Crippen MR) is 99.2 cm³/mol. The quantitative estimate of drug-likeness (QED) is 0.569. The third-order valence-electron chi connectivity index (χ3n) is 3.85. The third-order valence-corrected chi connectivity index (χ3v) is 3.85. The Hall–Kier alpha value is -2.90. The Morgan fingerprint density at radius 2 is 1.86 bits per heavy atom. The van der Waals surface area contributed by atoms with Gasteiger partial charge in [-0.05, 0) is 38.8 Å². The van der Waals surface area contributed by atoms with Gasteiger partial charge in [0.15, 0.2) is 0 Å². The highest BCUT2D eigenvalue weighted by Gasteiger charge is 2.32. The second kappa shape index (κ2) is 8.86. The molecule has 1 saturated heterocycles. The molecule has 0 unspecified atom stereocenters. The highest BCUT2D eigenvalue weighted by molar-refractivity contribution is 6.00. The Kier molecular flexibility index (Phi) is 6.77. The van der Waals surface area contributed by atoms with Crippen LogP contribution in [0.15, 0.2) is 36.6 Å². The highest BCUT2D eigenvalue weighted by atomic mass is 19.1. The van der Waals surface area contributed by atoms with Crippen molar-refractivity contribution in [3.05, 3.63) is 48.0 Å². The Bertz CT molecular complexity index is 756. The SMILES string of the molecule is C=C(C[C@@H](Cc1ccccc1F)NC(=O)OC(C)(C)C)ON1C(=O)CCC1=O. The lowest BCUT2D eigenvalue weighted by molar-refractivity contribution is -0.177. The number of imide groups is 1. The molecule has 152 valence electrons. The van der Waals surface area contributed by atoms with Crippen LogP contribution in [0.25, 0.3) is 0 Å². The van der Waals surface area contributed by atoms with Crippen LogP contribution in [0.2, 0.25) is 0 Å². The maximum Gasteiger partial charge on any atom is 0.407 e. The van der Waals surface area contributed by atoms with Crippen LogP contribution in [0.3, 0.4) is 0 Å². The molecule has 0 aromatic heterocycles. The minimum Gasteiger partial charge on any atom is -0.444 e. The van der Waals surface area contributed by atoms with Gasteiger partial charge in [0, 0.05) is 25.3 Å². The van der Waals surface area contributed by atoms with Gasteiger partial charge in [0.05, 0.1) is 0 Å². The van der Waals surface area contributed by atoms with E-state index in [9.17, 15) is 18.8 Å². The van der Waals surface area contributed by atoms with Crippen molar-refractivity contribution in [2.24, 2.45) is 0 Å².